The Hall–Kier alpha value is -2.38. The Morgan fingerprint density at radius 2 is 1.93 bits per heavy atom. The highest BCUT2D eigenvalue weighted by Gasteiger charge is 2.49. The van der Waals surface area contributed by atoms with Crippen molar-refractivity contribution in [2.45, 2.75) is 31.3 Å². The van der Waals surface area contributed by atoms with Gasteiger partial charge in [-0.05, 0) is 54.8 Å². The summed E-state index contributed by atoms with van der Waals surface area (Å²) in [4.78, 5) is 11.2. The lowest BCUT2D eigenvalue weighted by Gasteiger charge is -2.41. The van der Waals surface area contributed by atoms with Gasteiger partial charge < -0.3 is 24.4 Å². The molecule has 0 saturated carbocycles. The van der Waals surface area contributed by atoms with Gasteiger partial charge in [-0.15, -0.1) is 0 Å². The molecule has 2 aromatic carbocycles. The van der Waals surface area contributed by atoms with Crippen molar-refractivity contribution in [3.63, 3.8) is 0 Å². The largest absolute Gasteiger partial charge is 0.494 e. The van der Waals surface area contributed by atoms with Crippen molar-refractivity contribution >= 4 is 17.9 Å². The molecule has 0 fully saturated rings. The summed E-state index contributed by atoms with van der Waals surface area (Å²) in [6.07, 6.45) is -0.635. The zero-order valence-electron chi connectivity index (χ0n) is 16.2. The number of hydrogen-bond donors (Lipinski definition) is 2. The summed E-state index contributed by atoms with van der Waals surface area (Å²) in [6.45, 7) is 2.52. The third kappa shape index (κ3) is 4.31. The van der Waals surface area contributed by atoms with Crippen LogP contribution >= 0.6 is 11.6 Å². The van der Waals surface area contributed by atoms with Crippen LogP contribution in [-0.4, -0.2) is 42.4 Å². The number of methoxy groups -OCH3 is 1. The summed E-state index contributed by atoms with van der Waals surface area (Å²) >= 11 is 6.39. The van der Waals surface area contributed by atoms with Crippen LogP contribution in [0.3, 0.4) is 0 Å². The molecule has 3 atom stereocenters. The second-order valence-electron chi connectivity index (χ2n) is 6.66. The van der Waals surface area contributed by atoms with Crippen LogP contribution in [0.4, 0.5) is 0 Å². The van der Waals surface area contributed by atoms with E-state index >= 15 is 0 Å². The summed E-state index contributed by atoms with van der Waals surface area (Å²) in [7, 11) is 1.34. The fourth-order valence-electron chi connectivity index (χ4n) is 3.34. The number of carbonyl (C=O) groups is 1. The lowest BCUT2D eigenvalue weighted by atomic mass is 9.91. The molecule has 2 N–H and O–H groups in total. The summed E-state index contributed by atoms with van der Waals surface area (Å²) in [5, 5.41) is 21.3. The van der Waals surface area contributed by atoms with Crippen LogP contribution in [0, 0.1) is 0 Å². The van der Waals surface area contributed by atoms with Crippen LogP contribution in [0.1, 0.15) is 23.6 Å². The molecule has 0 amide bonds. The zero-order valence-corrected chi connectivity index (χ0v) is 16.9. The number of ether oxygens (including phenoxy) is 3. The van der Waals surface area contributed by atoms with Gasteiger partial charge >= 0.3 is 0 Å². The predicted molar refractivity (Wildman–Crippen MR) is 108 cm³/mol. The van der Waals surface area contributed by atoms with E-state index in [4.69, 9.17) is 25.8 Å². The lowest BCUT2D eigenvalue weighted by molar-refractivity contribution is -0.284. The Balaban J connectivity index is 1.95. The van der Waals surface area contributed by atoms with Crippen molar-refractivity contribution in [1.29, 1.82) is 0 Å². The smallest absolute Gasteiger partial charge is 0.266 e. The van der Waals surface area contributed by atoms with E-state index in [0.717, 1.165) is 23.0 Å². The van der Waals surface area contributed by atoms with Crippen LogP contribution < -0.4 is 4.74 Å². The van der Waals surface area contributed by atoms with Crippen molar-refractivity contribution in [2.24, 2.45) is 0 Å². The molecule has 3 rings (SSSR count). The minimum Gasteiger partial charge on any atom is -0.494 e. The molecule has 0 radical (unpaired) electrons. The van der Waals surface area contributed by atoms with E-state index in [1.54, 1.807) is 18.2 Å². The number of benzene rings is 2. The number of carbonyl (C=O) groups excluding carboxylic acids is 1. The first-order valence-electron chi connectivity index (χ1n) is 9.21. The highest BCUT2D eigenvalue weighted by Crippen LogP contribution is 2.39. The molecule has 6 nitrogen and oxygen atoms in total. The van der Waals surface area contributed by atoms with Crippen LogP contribution in [-0.2, 0) is 26.5 Å². The minimum absolute atomic E-state index is 0.118. The molecule has 1 heterocycles. The van der Waals surface area contributed by atoms with Gasteiger partial charge in [0, 0.05) is 17.7 Å². The SMILES string of the molecule is CCOc1ccc(Cc2cc([C@]3(OC)OC(C=O)=C[C@H](O)[C@H]3O)ccc2Cl)cc1. The fraction of sp³-hybridized carbons (Fsp3) is 0.318. The van der Waals surface area contributed by atoms with Gasteiger partial charge in [-0.1, -0.05) is 29.8 Å². The van der Waals surface area contributed by atoms with E-state index in [-0.39, 0.29) is 5.76 Å². The monoisotopic (exact) mass is 418 g/mol. The van der Waals surface area contributed by atoms with E-state index in [1.807, 2.05) is 31.2 Å². The van der Waals surface area contributed by atoms with Crippen molar-refractivity contribution in [3.8, 4) is 5.75 Å². The van der Waals surface area contributed by atoms with E-state index in [1.165, 1.54) is 7.11 Å². The molecular formula is C22H23ClO6. The molecule has 1 aliphatic rings. The Morgan fingerprint density at radius 3 is 2.55 bits per heavy atom. The number of halogens is 1. The average Bonchev–Trinajstić information content (AvgIpc) is 2.73. The van der Waals surface area contributed by atoms with Gasteiger partial charge in [0.25, 0.3) is 5.79 Å². The van der Waals surface area contributed by atoms with Crippen molar-refractivity contribution < 1.29 is 29.2 Å². The quantitative estimate of drug-likeness (QED) is 0.672. The minimum atomic E-state index is -1.73. The second-order valence-corrected chi connectivity index (χ2v) is 7.06. The lowest BCUT2D eigenvalue weighted by Crippen LogP contribution is -2.52. The molecule has 154 valence electrons. The first kappa shape index (κ1) is 21.3. The van der Waals surface area contributed by atoms with E-state index in [2.05, 4.69) is 0 Å². The predicted octanol–water partition coefficient (Wildman–Crippen LogP) is 2.96. The van der Waals surface area contributed by atoms with E-state index < -0.39 is 18.0 Å². The topological polar surface area (TPSA) is 85.2 Å². The molecule has 0 saturated heterocycles. The number of aldehydes is 1. The summed E-state index contributed by atoms with van der Waals surface area (Å²) in [5.41, 5.74) is 2.22. The summed E-state index contributed by atoms with van der Waals surface area (Å²) in [5.74, 6) is -1.06. The maximum atomic E-state index is 11.2. The molecule has 0 bridgehead atoms. The second kappa shape index (κ2) is 8.97. The number of aliphatic hydroxyl groups is 2. The number of aliphatic hydroxyl groups excluding tert-OH is 2. The van der Waals surface area contributed by atoms with Gasteiger partial charge in [0.05, 0.1) is 6.61 Å². The Bertz CT molecular complexity index is 895. The van der Waals surface area contributed by atoms with E-state index in [0.29, 0.717) is 29.9 Å². The highest BCUT2D eigenvalue weighted by atomic mass is 35.5. The Kier molecular flexibility index (Phi) is 6.59. The fourth-order valence-corrected chi connectivity index (χ4v) is 3.53. The van der Waals surface area contributed by atoms with Gasteiger partial charge in [-0.3, -0.25) is 4.79 Å². The molecule has 1 aliphatic heterocycles. The van der Waals surface area contributed by atoms with Crippen LogP contribution in [0.5, 0.6) is 5.75 Å². The number of allylic oxidation sites excluding steroid dienone is 1. The van der Waals surface area contributed by atoms with Crippen LogP contribution in [0.15, 0.2) is 54.3 Å². The van der Waals surface area contributed by atoms with E-state index in [9.17, 15) is 15.0 Å². The van der Waals surface area contributed by atoms with Gasteiger partial charge in [0.2, 0.25) is 0 Å². The van der Waals surface area contributed by atoms with Crippen molar-refractivity contribution in [3.05, 3.63) is 76.0 Å². The maximum Gasteiger partial charge on any atom is 0.266 e. The third-order valence-corrected chi connectivity index (χ3v) is 5.18. The zero-order chi connectivity index (χ0) is 21.0. The number of hydrogen-bond acceptors (Lipinski definition) is 6. The highest BCUT2D eigenvalue weighted by molar-refractivity contribution is 6.31. The first-order chi connectivity index (χ1) is 13.9. The molecule has 0 spiro atoms. The van der Waals surface area contributed by atoms with Crippen molar-refractivity contribution in [1.82, 2.24) is 0 Å². The molecule has 0 aromatic heterocycles. The van der Waals surface area contributed by atoms with Gasteiger partial charge in [-0.25, -0.2) is 0 Å². The van der Waals surface area contributed by atoms with Crippen LogP contribution in [0.25, 0.3) is 0 Å². The summed E-state index contributed by atoms with van der Waals surface area (Å²) in [6, 6.07) is 12.7. The molecule has 0 aliphatic carbocycles. The van der Waals surface area contributed by atoms with Gasteiger partial charge in [0.1, 0.15) is 11.9 Å². The third-order valence-electron chi connectivity index (χ3n) is 4.81. The summed E-state index contributed by atoms with van der Waals surface area (Å²) < 4.78 is 16.6. The van der Waals surface area contributed by atoms with Gasteiger partial charge in [-0.2, -0.15) is 0 Å². The molecule has 7 heteroatoms. The molecular weight excluding hydrogens is 396 g/mol. The maximum absolute atomic E-state index is 11.2. The first-order valence-corrected chi connectivity index (χ1v) is 9.59. The van der Waals surface area contributed by atoms with Crippen LogP contribution in [0.2, 0.25) is 5.02 Å². The standard InChI is InChI=1S/C22H23ClO6/c1-3-28-17-7-4-14(5-8-17)10-15-11-16(6-9-19(15)23)22(27-2)21(26)20(25)12-18(13-24)29-22/h4-9,11-13,20-21,25-26H,3,10H2,1-2H3/t20-,21+,22-/m0/s1. The Morgan fingerprint density at radius 1 is 1.21 bits per heavy atom. The number of rotatable bonds is 7. The molecule has 29 heavy (non-hydrogen) atoms. The average molecular weight is 419 g/mol. The normalized spacial score (nSPS) is 23.8. The van der Waals surface area contributed by atoms with Gasteiger partial charge in [0.15, 0.2) is 18.1 Å². The Labute approximate surface area is 174 Å². The van der Waals surface area contributed by atoms with Crippen molar-refractivity contribution in [2.75, 3.05) is 13.7 Å². The molecule has 0 unspecified atom stereocenters. The molecule has 2 aromatic rings.